The molecule has 0 aromatic carbocycles. The first-order valence-corrected chi connectivity index (χ1v) is 8.39. The Morgan fingerprint density at radius 1 is 0.826 bits per heavy atom. The van der Waals surface area contributed by atoms with E-state index in [1.807, 2.05) is 39.0 Å². The zero-order valence-electron chi connectivity index (χ0n) is 15.1. The fourth-order valence-corrected chi connectivity index (χ4v) is 1.28. The summed E-state index contributed by atoms with van der Waals surface area (Å²) in [6, 6.07) is 0. The molecular formula is C17H34N4O2. The number of hydrogen-bond donors (Lipinski definition) is 4. The molecule has 0 heterocycles. The molecule has 0 saturated carbocycles. The van der Waals surface area contributed by atoms with E-state index in [-0.39, 0.29) is 11.8 Å². The van der Waals surface area contributed by atoms with E-state index in [4.69, 9.17) is 0 Å². The molecule has 0 bridgehead atoms. The lowest BCUT2D eigenvalue weighted by atomic mass is 10.4. The van der Waals surface area contributed by atoms with Crippen molar-refractivity contribution in [1.29, 1.82) is 0 Å². The second kappa shape index (κ2) is 20.3. The zero-order chi connectivity index (χ0) is 17.8. The Balaban J connectivity index is 0. The molecule has 4 N–H and O–H groups in total. The van der Waals surface area contributed by atoms with Crippen LogP contribution in [0.3, 0.4) is 0 Å². The molecule has 0 fully saturated rings. The summed E-state index contributed by atoms with van der Waals surface area (Å²) in [6.45, 7) is 11.3. The van der Waals surface area contributed by atoms with Gasteiger partial charge in [0.2, 0.25) is 11.8 Å². The summed E-state index contributed by atoms with van der Waals surface area (Å²) in [5.74, 6) is 0.0189. The maximum Gasteiger partial charge on any atom is 0.244 e. The molecule has 0 atom stereocenters. The van der Waals surface area contributed by atoms with E-state index in [0.717, 1.165) is 25.9 Å². The average Bonchev–Trinajstić information content (AvgIpc) is 2.56. The molecule has 23 heavy (non-hydrogen) atoms. The highest BCUT2D eigenvalue weighted by atomic mass is 16.2. The Labute approximate surface area is 141 Å². The number of carbonyl (C=O) groups is 2. The van der Waals surface area contributed by atoms with Gasteiger partial charge in [-0.3, -0.25) is 9.59 Å². The van der Waals surface area contributed by atoms with Crippen LogP contribution in [0.4, 0.5) is 0 Å². The average molecular weight is 326 g/mol. The maximum atomic E-state index is 11.0. The van der Waals surface area contributed by atoms with Crippen LogP contribution < -0.4 is 21.3 Å². The van der Waals surface area contributed by atoms with Gasteiger partial charge in [0, 0.05) is 6.54 Å². The van der Waals surface area contributed by atoms with E-state index < -0.39 is 0 Å². The Morgan fingerprint density at radius 2 is 1.48 bits per heavy atom. The summed E-state index contributed by atoms with van der Waals surface area (Å²) >= 11 is 0. The van der Waals surface area contributed by atoms with Crippen molar-refractivity contribution in [2.45, 2.75) is 40.5 Å². The highest BCUT2D eigenvalue weighted by molar-refractivity contribution is 5.87. The summed E-state index contributed by atoms with van der Waals surface area (Å²) < 4.78 is 0. The Morgan fingerprint density at radius 3 is 2.04 bits per heavy atom. The van der Waals surface area contributed by atoms with E-state index in [0.29, 0.717) is 19.8 Å². The van der Waals surface area contributed by atoms with Gasteiger partial charge in [-0.15, -0.1) is 0 Å². The van der Waals surface area contributed by atoms with Gasteiger partial charge in [0.05, 0.1) is 13.2 Å². The molecule has 6 nitrogen and oxygen atoms in total. The first-order chi connectivity index (χ1) is 11.1. The van der Waals surface area contributed by atoms with Crippen molar-refractivity contribution >= 4 is 11.8 Å². The fraction of sp³-hybridized carbons (Fsp3) is 0.647. The third kappa shape index (κ3) is 22.8. The van der Waals surface area contributed by atoms with Crippen LogP contribution in [0.1, 0.15) is 40.5 Å². The molecule has 0 aliphatic heterocycles. The lowest BCUT2D eigenvalue weighted by molar-refractivity contribution is -0.120. The Hall–Kier alpha value is -1.66. The van der Waals surface area contributed by atoms with Crippen LogP contribution in [-0.4, -0.2) is 44.7 Å². The van der Waals surface area contributed by atoms with E-state index in [1.165, 1.54) is 0 Å². The minimum atomic E-state index is -0.0344. The molecule has 134 valence electrons. The second-order valence-corrected chi connectivity index (χ2v) is 4.60. The van der Waals surface area contributed by atoms with Crippen molar-refractivity contribution in [3.8, 4) is 0 Å². The van der Waals surface area contributed by atoms with Crippen molar-refractivity contribution in [3.05, 3.63) is 24.3 Å². The van der Waals surface area contributed by atoms with Gasteiger partial charge in [-0.25, -0.2) is 0 Å². The molecule has 0 aliphatic carbocycles. The summed E-state index contributed by atoms with van der Waals surface area (Å²) in [4.78, 5) is 21.8. The molecule has 0 rings (SSSR count). The van der Waals surface area contributed by atoms with Gasteiger partial charge in [-0.1, -0.05) is 45.9 Å². The predicted octanol–water partition coefficient (Wildman–Crippen LogP) is 1.31. The molecule has 2 amide bonds. The monoisotopic (exact) mass is 326 g/mol. The normalized spacial score (nSPS) is 10.4. The highest BCUT2D eigenvalue weighted by Crippen LogP contribution is 1.78. The molecule has 0 aromatic heterocycles. The minimum Gasteiger partial charge on any atom is -0.352 e. The molecule has 0 aromatic rings. The lowest BCUT2D eigenvalue weighted by Crippen LogP contribution is -2.33. The topological polar surface area (TPSA) is 82.3 Å². The van der Waals surface area contributed by atoms with Gasteiger partial charge in [-0.2, -0.15) is 0 Å². The third-order valence-corrected chi connectivity index (χ3v) is 2.50. The zero-order valence-corrected chi connectivity index (χ0v) is 15.1. The largest absolute Gasteiger partial charge is 0.352 e. The molecule has 0 saturated heterocycles. The molecular weight excluding hydrogens is 292 g/mol. The van der Waals surface area contributed by atoms with E-state index in [9.17, 15) is 9.59 Å². The van der Waals surface area contributed by atoms with Crippen molar-refractivity contribution in [2.24, 2.45) is 0 Å². The number of allylic oxidation sites excluding steroid dienone is 2. The number of hydrogen-bond acceptors (Lipinski definition) is 4. The number of amides is 2. The van der Waals surface area contributed by atoms with Gasteiger partial charge in [0.15, 0.2) is 0 Å². The number of rotatable bonds is 11. The predicted molar refractivity (Wildman–Crippen MR) is 97.1 cm³/mol. The van der Waals surface area contributed by atoms with Crippen LogP contribution in [0, 0.1) is 0 Å². The molecule has 0 unspecified atom stereocenters. The molecule has 0 spiro atoms. The van der Waals surface area contributed by atoms with E-state index >= 15 is 0 Å². The van der Waals surface area contributed by atoms with Crippen molar-refractivity contribution in [2.75, 3.05) is 32.8 Å². The third-order valence-electron chi connectivity index (χ3n) is 2.50. The van der Waals surface area contributed by atoms with Crippen molar-refractivity contribution in [3.63, 3.8) is 0 Å². The summed E-state index contributed by atoms with van der Waals surface area (Å²) in [5.41, 5.74) is 0. The van der Waals surface area contributed by atoms with Gasteiger partial charge >= 0.3 is 0 Å². The summed E-state index contributed by atoms with van der Waals surface area (Å²) in [5, 5.41) is 11.4. The standard InChI is InChI=1S/C9H18N2O.C8H16N2O/c1-3-5-6-7-11-9(12)8-10-4-2;1-3-5-6-8(11)10-7-9-4-2/h5-6,10H,3-4,7-8H2,1-2H3,(H,11,12);5-6,9H,3-4,7H2,1-2H3,(H,10,11)/b2*6-5+. The smallest absolute Gasteiger partial charge is 0.244 e. The van der Waals surface area contributed by atoms with Crippen LogP contribution in [0.25, 0.3) is 0 Å². The lowest BCUT2D eigenvalue weighted by Gasteiger charge is -2.01. The summed E-state index contributed by atoms with van der Waals surface area (Å²) in [7, 11) is 0. The number of carbonyl (C=O) groups excluding carboxylic acids is 2. The van der Waals surface area contributed by atoms with Crippen molar-refractivity contribution < 1.29 is 9.59 Å². The number of nitrogens with one attached hydrogen (secondary N) is 4. The fourth-order valence-electron chi connectivity index (χ4n) is 1.28. The van der Waals surface area contributed by atoms with E-state index in [2.05, 4.69) is 28.2 Å². The van der Waals surface area contributed by atoms with Gasteiger partial charge in [0.1, 0.15) is 0 Å². The number of likely N-dealkylation sites (N-methyl/N-ethyl adjacent to an activating group) is 1. The van der Waals surface area contributed by atoms with Crippen LogP contribution >= 0.6 is 0 Å². The van der Waals surface area contributed by atoms with Crippen molar-refractivity contribution in [1.82, 2.24) is 21.3 Å². The van der Waals surface area contributed by atoms with Crippen LogP contribution in [0.2, 0.25) is 0 Å². The van der Waals surface area contributed by atoms with Gasteiger partial charge in [0.25, 0.3) is 0 Å². The molecule has 0 aliphatic rings. The maximum absolute atomic E-state index is 11.0. The van der Waals surface area contributed by atoms with E-state index in [1.54, 1.807) is 6.08 Å². The molecule has 0 radical (unpaired) electrons. The Bertz CT molecular complexity index is 341. The second-order valence-electron chi connectivity index (χ2n) is 4.60. The Kier molecular flexibility index (Phi) is 20.9. The van der Waals surface area contributed by atoms with Gasteiger partial charge in [-0.05, 0) is 32.0 Å². The first-order valence-electron chi connectivity index (χ1n) is 8.39. The van der Waals surface area contributed by atoms with Crippen LogP contribution in [-0.2, 0) is 9.59 Å². The SMILES string of the molecule is CC/C=C/C(=O)NCNCC.CC/C=C/CNC(=O)CNCC. The first kappa shape index (κ1) is 23.6. The quantitative estimate of drug-likeness (QED) is 0.200. The molecule has 6 heteroatoms. The minimum absolute atomic E-state index is 0.0344. The van der Waals surface area contributed by atoms with Crippen LogP contribution in [0.5, 0.6) is 0 Å². The van der Waals surface area contributed by atoms with Crippen LogP contribution in [0.15, 0.2) is 24.3 Å². The summed E-state index contributed by atoms with van der Waals surface area (Å²) in [6.07, 6.45) is 9.30. The highest BCUT2D eigenvalue weighted by Gasteiger charge is 1.95. The van der Waals surface area contributed by atoms with Gasteiger partial charge < -0.3 is 21.3 Å².